The van der Waals surface area contributed by atoms with Crippen molar-refractivity contribution < 1.29 is 73.5 Å². The average Bonchev–Trinajstić information content (AvgIpc) is 3.91. The van der Waals surface area contributed by atoms with Crippen molar-refractivity contribution in [3.8, 4) is 0 Å². The Morgan fingerprint density at radius 1 is 0.597 bits per heavy atom. The van der Waals surface area contributed by atoms with Crippen LogP contribution in [0.4, 0.5) is 0 Å². The minimum Gasteiger partial charge on any atom is -0.480 e. The van der Waals surface area contributed by atoms with Crippen LogP contribution in [0.5, 0.6) is 0 Å². The predicted octanol–water partition coefficient (Wildman–Crippen LogP) is -7.58. The number of benzene rings is 1. The molecule has 10 atom stereocenters. The third kappa shape index (κ3) is 23.1. The molecule has 9 amide bonds. The number of nitrogens with one attached hydrogen (secondary N) is 10. The van der Waals surface area contributed by atoms with Crippen LogP contribution in [0.3, 0.4) is 0 Å². The number of aromatic amines is 1. The van der Waals surface area contributed by atoms with E-state index in [1.54, 1.807) is 36.6 Å². The zero-order valence-electron chi connectivity index (χ0n) is 43.0. The molecule has 0 aliphatic carbocycles. The van der Waals surface area contributed by atoms with Crippen molar-refractivity contribution in [1.82, 2.24) is 57.8 Å². The van der Waals surface area contributed by atoms with Crippen LogP contribution < -0.4 is 65.1 Å². The van der Waals surface area contributed by atoms with Gasteiger partial charge >= 0.3 is 5.97 Å². The van der Waals surface area contributed by atoms with Crippen LogP contribution in [0, 0.1) is 5.92 Å². The molecule has 0 fully saturated rings. The number of guanidine groups is 1. The first-order valence-electron chi connectivity index (χ1n) is 24.2. The summed E-state index contributed by atoms with van der Waals surface area (Å²) in [6.45, 7) is 0.211. The lowest BCUT2D eigenvalue weighted by atomic mass is 10.0. The number of imidazole rings is 1. The van der Waals surface area contributed by atoms with Crippen molar-refractivity contribution in [3.05, 3.63) is 54.1 Å². The molecule has 21 N–H and O–H groups in total. The van der Waals surface area contributed by atoms with Gasteiger partial charge in [0.15, 0.2) is 5.96 Å². The summed E-state index contributed by atoms with van der Waals surface area (Å²) in [5.74, 6) is -11.0. The highest BCUT2D eigenvalue weighted by molar-refractivity contribution is 7.98. The monoisotopic (exact) mass is 1110 g/mol. The summed E-state index contributed by atoms with van der Waals surface area (Å²) in [7, 11) is 0. The molecule has 1 aromatic heterocycles. The summed E-state index contributed by atoms with van der Waals surface area (Å²) in [5, 5.41) is 71.1. The second kappa shape index (κ2) is 34.3. The molecule has 0 bridgehead atoms. The fourth-order valence-corrected chi connectivity index (χ4v) is 7.37. The number of amides is 9. The molecule has 0 aliphatic rings. The number of carboxylic acid groups (broad SMARTS) is 1. The van der Waals surface area contributed by atoms with Crippen LogP contribution in [0.15, 0.2) is 47.8 Å². The lowest BCUT2D eigenvalue weighted by Crippen LogP contribution is -2.62. The van der Waals surface area contributed by atoms with Crippen molar-refractivity contribution in [2.75, 3.05) is 45.0 Å². The smallest absolute Gasteiger partial charge is 0.326 e. The first kappa shape index (κ1) is 65.7. The molecule has 0 radical (unpaired) electrons. The second-order valence-corrected chi connectivity index (χ2v) is 18.8. The van der Waals surface area contributed by atoms with Gasteiger partial charge < -0.3 is 95.6 Å². The first-order valence-corrected chi connectivity index (χ1v) is 25.6. The Morgan fingerprint density at radius 2 is 1.06 bits per heavy atom. The number of nitrogens with two attached hydrogens (primary N) is 3. The number of aliphatic carboxylic acids is 1. The van der Waals surface area contributed by atoms with Crippen LogP contribution in [0.1, 0.15) is 51.3 Å². The lowest BCUT2D eigenvalue weighted by molar-refractivity contribution is -0.142. The van der Waals surface area contributed by atoms with Gasteiger partial charge in [0.05, 0.1) is 38.8 Å². The zero-order valence-corrected chi connectivity index (χ0v) is 43.8. The van der Waals surface area contributed by atoms with E-state index < -0.39 is 152 Å². The highest BCUT2D eigenvalue weighted by Gasteiger charge is 2.36. The molecule has 428 valence electrons. The number of H-pyrrole nitrogens is 1. The van der Waals surface area contributed by atoms with E-state index in [-0.39, 0.29) is 38.2 Å². The quantitative estimate of drug-likeness (QED) is 0.0173. The SMILES string of the molecule is CSCC[C@H](NC(=O)[C@H](Cc1ccccc1)NC(=O)[C@H](CO)NC(=O)[C@@H](NC(=O)[C@H](CO)NC(=O)[C@H](CO)NC(=O)[C@H](CO)NC(=O)[C@H](C)NC(=O)[C@@H](N)CCCN=C(N)N)C(C)C)C(=O)N[C@@H](Cc1cnc[nH]1)C(=O)O. The molecular weight excluding hydrogens is 1030 g/mol. The molecule has 0 spiro atoms. The Balaban J connectivity index is 2.16. The highest BCUT2D eigenvalue weighted by atomic mass is 32.2. The number of hydrogen-bond acceptors (Lipinski definition) is 18. The largest absolute Gasteiger partial charge is 0.480 e. The maximum Gasteiger partial charge on any atom is 0.326 e. The van der Waals surface area contributed by atoms with E-state index in [4.69, 9.17) is 17.2 Å². The molecule has 0 aliphatic heterocycles. The lowest BCUT2D eigenvalue weighted by Gasteiger charge is -2.28. The Morgan fingerprint density at radius 3 is 1.55 bits per heavy atom. The van der Waals surface area contributed by atoms with E-state index in [2.05, 4.69) is 62.8 Å². The van der Waals surface area contributed by atoms with Crippen LogP contribution in [-0.2, 0) is 60.8 Å². The summed E-state index contributed by atoms with van der Waals surface area (Å²) in [4.78, 5) is 143. The van der Waals surface area contributed by atoms with Gasteiger partial charge in [0.25, 0.3) is 0 Å². The highest BCUT2D eigenvalue weighted by Crippen LogP contribution is 2.10. The molecule has 2 rings (SSSR count). The number of carbonyl (C=O) groups is 10. The third-order valence-electron chi connectivity index (χ3n) is 11.3. The maximum atomic E-state index is 14.0. The number of hydrogen-bond donors (Lipinski definition) is 18. The van der Waals surface area contributed by atoms with Crippen molar-refractivity contribution in [1.29, 1.82) is 0 Å². The van der Waals surface area contributed by atoms with Gasteiger partial charge in [-0.15, -0.1) is 0 Å². The summed E-state index contributed by atoms with van der Waals surface area (Å²) in [6.07, 6.45) is 4.75. The van der Waals surface area contributed by atoms with Crippen molar-refractivity contribution in [3.63, 3.8) is 0 Å². The number of carbonyl (C=O) groups excluding carboxylic acids is 9. The molecule has 30 nitrogen and oxygen atoms in total. The zero-order chi connectivity index (χ0) is 57.8. The number of aliphatic imine (C=N–C) groups is 1. The van der Waals surface area contributed by atoms with Gasteiger partial charge in [-0.3, -0.25) is 48.1 Å². The van der Waals surface area contributed by atoms with Crippen LogP contribution >= 0.6 is 11.8 Å². The van der Waals surface area contributed by atoms with E-state index in [0.29, 0.717) is 23.4 Å². The van der Waals surface area contributed by atoms with E-state index in [9.17, 15) is 73.5 Å². The Kier molecular flexibility index (Phi) is 29.2. The van der Waals surface area contributed by atoms with Gasteiger partial charge in [-0.2, -0.15) is 11.8 Å². The van der Waals surface area contributed by atoms with Crippen molar-refractivity contribution in [2.45, 2.75) is 113 Å². The first-order chi connectivity index (χ1) is 36.5. The standard InChI is InChI=1S/C46H73N15O15S/c1-23(2)35(61-43(73)34(21-65)59-42(72)32(19-63)58-41(71)31(18-62)57-36(66)24(3)53-37(67)27(47)11-8-13-51-46(48)49)44(74)60-33(20-64)40(70)55-29(15-25-9-6-5-7-10-25)39(69)54-28(12-14-77-4)38(68)56-30(45(75)76)16-26-17-50-22-52-26/h5-7,9-10,17,22-24,27-35,62-65H,8,11-16,18-21,47H2,1-4H3,(H,50,52)(H,53,67)(H,54,69)(H,55,70)(H,56,68)(H,57,66)(H,58,71)(H,59,72)(H,60,74)(H,61,73)(H,75,76)(H4,48,49,51)/t24-,27-,28-,29-,30-,31-,32-,33-,34-,35-/m0/s1. The number of aliphatic hydroxyl groups is 4. The number of carboxylic acids is 1. The van der Waals surface area contributed by atoms with Crippen LogP contribution in [-0.4, -0.2) is 206 Å². The minimum atomic E-state index is -1.84. The van der Waals surface area contributed by atoms with Gasteiger partial charge in [-0.05, 0) is 49.7 Å². The predicted molar refractivity (Wildman–Crippen MR) is 277 cm³/mol. The fraction of sp³-hybridized carbons (Fsp3) is 0.565. The molecular formula is C46H73N15O15S. The molecule has 31 heteroatoms. The van der Waals surface area contributed by atoms with E-state index >= 15 is 0 Å². The molecule has 1 heterocycles. The normalized spacial score (nSPS) is 14.9. The Labute approximate surface area is 447 Å². The summed E-state index contributed by atoms with van der Waals surface area (Å²) >= 11 is 1.35. The number of thioether (sulfide) groups is 1. The molecule has 77 heavy (non-hydrogen) atoms. The maximum absolute atomic E-state index is 14.0. The van der Waals surface area contributed by atoms with Gasteiger partial charge in [-0.1, -0.05) is 44.2 Å². The summed E-state index contributed by atoms with van der Waals surface area (Å²) < 4.78 is 0. The second-order valence-electron chi connectivity index (χ2n) is 17.8. The third-order valence-corrected chi connectivity index (χ3v) is 12.0. The number of aromatic nitrogens is 2. The average molecular weight is 1110 g/mol. The van der Waals surface area contributed by atoms with E-state index in [1.807, 2.05) is 0 Å². The van der Waals surface area contributed by atoms with Gasteiger partial charge in [0, 0.05) is 31.3 Å². The van der Waals surface area contributed by atoms with Crippen molar-refractivity contribution in [2.24, 2.45) is 28.1 Å². The number of rotatable bonds is 35. The van der Waals surface area contributed by atoms with Crippen molar-refractivity contribution >= 4 is 76.9 Å². The summed E-state index contributed by atoms with van der Waals surface area (Å²) in [6, 6.07) is -6.75. The molecule has 0 saturated carbocycles. The van der Waals surface area contributed by atoms with Gasteiger partial charge in [0.1, 0.15) is 54.4 Å². The molecule has 0 unspecified atom stereocenters. The van der Waals surface area contributed by atoms with Crippen LogP contribution in [0.2, 0.25) is 0 Å². The van der Waals surface area contributed by atoms with E-state index in [0.717, 1.165) is 0 Å². The van der Waals surface area contributed by atoms with Crippen LogP contribution in [0.25, 0.3) is 0 Å². The van der Waals surface area contributed by atoms with Gasteiger partial charge in [0.2, 0.25) is 53.2 Å². The van der Waals surface area contributed by atoms with Gasteiger partial charge in [-0.25, -0.2) is 9.78 Å². The fourth-order valence-electron chi connectivity index (χ4n) is 6.90. The van der Waals surface area contributed by atoms with E-state index in [1.165, 1.54) is 45.1 Å². The minimum absolute atomic E-state index is 0.0529. The Bertz CT molecular complexity index is 2290. The molecule has 2 aromatic rings. The number of aliphatic hydroxyl groups excluding tert-OH is 4. The number of nitrogens with zero attached hydrogens (tertiary/aromatic N) is 2. The molecule has 1 aromatic carbocycles. The Hall–Kier alpha value is -7.45. The summed E-state index contributed by atoms with van der Waals surface area (Å²) in [5.41, 5.74) is 17.4. The molecule has 0 saturated heterocycles. The topological polar surface area (TPSA) is 499 Å².